The zero-order valence-electron chi connectivity index (χ0n) is 25.9. The fraction of sp³-hybridized carbons (Fsp3) is 0.0667. The van der Waals surface area contributed by atoms with E-state index in [0.717, 1.165) is 32.7 Å². The molecule has 0 aliphatic heterocycles. The predicted molar refractivity (Wildman–Crippen MR) is 211 cm³/mol. The number of hydrogen-bond donors (Lipinski definition) is 0. The SMILES string of the molecule is Brc1ccc2c(c1-c1cccc(-c3c(Br)ccc4c3Cc3ccccc3-4)c1-c1c(Br)ccc3c1Cc1ccccc1-3)Cc1ccccc1-2. The first kappa shape index (κ1) is 28.9. The molecule has 228 valence electrons. The highest BCUT2D eigenvalue weighted by Crippen LogP contribution is 2.55. The third-order valence-corrected chi connectivity index (χ3v) is 12.6. The lowest BCUT2D eigenvalue weighted by atomic mass is 9.81. The minimum atomic E-state index is 0.910. The summed E-state index contributed by atoms with van der Waals surface area (Å²) in [4.78, 5) is 0. The van der Waals surface area contributed by atoms with Gasteiger partial charge in [-0.1, -0.05) is 157 Å². The summed E-state index contributed by atoms with van der Waals surface area (Å²) in [5.74, 6) is 0. The van der Waals surface area contributed by atoms with Crippen LogP contribution in [0.15, 0.2) is 141 Å². The third kappa shape index (κ3) is 4.17. The summed E-state index contributed by atoms with van der Waals surface area (Å²) < 4.78 is 3.38. The molecule has 3 heteroatoms. The Kier molecular flexibility index (Phi) is 6.63. The fourth-order valence-corrected chi connectivity index (χ4v) is 10.4. The second-order valence-electron chi connectivity index (χ2n) is 13.1. The fourth-order valence-electron chi connectivity index (χ4n) is 8.64. The van der Waals surface area contributed by atoms with Crippen molar-refractivity contribution in [2.45, 2.75) is 19.3 Å². The summed E-state index contributed by atoms with van der Waals surface area (Å²) in [7, 11) is 0. The molecule has 3 aliphatic rings. The topological polar surface area (TPSA) is 0 Å². The Bertz CT molecular complexity index is 2400. The first-order valence-corrected chi connectivity index (χ1v) is 18.8. The molecule has 0 saturated heterocycles. The molecule has 7 aromatic carbocycles. The van der Waals surface area contributed by atoms with E-state index in [9.17, 15) is 0 Å². The summed E-state index contributed by atoms with van der Waals surface area (Å²) >= 11 is 12.3. The first-order valence-electron chi connectivity index (χ1n) is 16.4. The van der Waals surface area contributed by atoms with Crippen molar-refractivity contribution in [1.29, 1.82) is 0 Å². The zero-order valence-corrected chi connectivity index (χ0v) is 30.6. The molecule has 0 N–H and O–H groups in total. The lowest BCUT2D eigenvalue weighted by Crippen LogP contribution is -2.00. The van der Waals surface area contributed by atoms with Crippen molar-refractivity contribution in [2.75, 3.05) is 0 Å². The Morgan fingerprint density at radius 2 is 0.604 bits per heavy atom. The minimum Gasteiger partial charge on any atom is -0.0619 e. The van der Waals surface area contributed by atoms with Gasteiger partial charge in [0.05, 0.1) is 0 Å². The monoisotopic (exact) mass is 804 g/mol. The Balaban J connectivity index is 1.31. The molecule has 7 aromatic rings. The van der Waals surface area contributed by atoms with Gasteiger partial charge < -0.3 is 0 Å². The molecule has 0 atom stereocenters. The molecule has 0 spiro atoms. The van der Waals surface area contributed by atoms with Crippen LogP contribution >= 0.6 is 47.8 Å². The van der Waals surface area contributed by atoms with Gasteiger partial charge in [0.1, 0.15) is 0 Å². The Morgan fingerprint density at radius 3 is 1.02 bits per heavy atom. The van der Waals surface area contributed by atoms with Gasteiger partial charge in [0.15, 0.2) is 0 Å². The van der Waals surface area contributed by atoms with Gasteiger partial charge in [0, 0.05) is 30.1 Å². The summed E-state index contributed by atoms with van der Waals surface area (Å²) in [5.41, 5.74) is 24.0. The highest BCUT2D eigenvalue weighted by molar-refractivity contribution is 9.11. The summed E-state index contributed by atoms with van der Waals surface area (Å²) in [6.45, 7) is 0. The van der Waals surface area contributed by atoms with E-state index in [4.69, 9.17) is 0 Å². The molecule has 0 heterocycles. The average Bonchev–Trinajstić information content (AvgIpc) is 3.79. The molecular weight excluding hydrogens is 780 g/mol. The maximum Gasteiger partial charge on any atom is 0.0257 e. The molecule has 0 aromatic heterocycles. The molecule has 0 fully saturated rings. The lowest BCUT2D eigenvalue weighted by Gasteiger charge is -2.24. The Hall–Kier alpha value is -4.02. The van der Waals surface area contributed by atoms with Crippen molar-refractivity contribution in [1.82, 2.24) is 0 Å². The number of benzene rings is 7. The van der Waals surface area contributed by atoms with Gasteiger partial charge >= 0.3 is 0 Å². The van der Waals surface area contributed by atoms with Crippen LogP contribution in [0.2, 0.25) is 0 Å². The van der Waals surface area contributed by atoms with Crippen LogP contribution in [0.4, 0.5) is 0 Å². The highest BCUT2D eigenvalue weighted by Gasteiger charge is 2.32. The molecule has 0 unspecified atom stereocenters. The van der Waals surface area contributed by atoms with E-state index in [-0.39, 0.29) is 0 Å². The van der Waals surface area contributed by atoms with Crippen molar-refractivity contribution in [3.63, 3.8) is 0 Å². The maximum atomic E-state index is 4.13. The van der Waals surface area contributed by atoms with Crippen molar-refractivity contribution >= 4 is 47.8 Å². The second kappa shape index (κ2) is 11.0. The molecule has 0 nitrogen and oxygen atoms in total. The summed E-state index contributed by atoms with van der Waals surface area (Å²) in [6.07, 6.45) is 2.75. The van der Waals surface area contributed by atoms with Crippen LogP contribution in [0, 0.1) is 0 Å². The standard InChI is InChI=1S/C45H27Br3/c46-39-19-16-31-28-11-4-1-8-25(28)22-36(31)42(39)34-14-7-15-35(43-37-23-26-9-2-5-12-29(26)32(37)17-20-40(43)47)44(34)45-38-24-27-10-3-6-13-30(27)33(38)18-21-41(45)48/h1-21H,22-24H2. The van der Waals surface area contributed by atoms with Crippen molar-refractivity contribution in [2.24, 2.45) is 0 Å². The van der Waals surface area contributed by atoms with Gasteiger partial charge in [0.2, 0.25) is 0 Å². The minimum absolute atomic E-state index is 0.910. The molecule has 0 radical (unpaired) electrons. The summed E-state index contributed by atoms with van der Waals surface area (Å²) in [5, 5.41) is 0. The smallest absolute Gasteiger partial charge is 0.0257 e. The molecule has 0 saturated carbocycles. The van der Waals surface area contributed by atoms with Gasteiger partial charge in [-0.15, -0.1) is 0 Å². The van der Waals surface area contributed by atoms with Gasteiger partial charge in [-0.25, -0.2) is 0 Å². The second-order valence-corrected chi connectivity index (χ2v) is 15.6. The Morgan fingerprint density at radius 1 is 0.271 bits per heavy atom. The van der Waals surface area contributed by atoms with Crippen LogP contribution in [-0.2, 0) is 19.3 Å². The van der Waals surface area contributed by atoms with E-state index in [1.54, 1.807) is 0 Å². The highest BCUT2D eigenvalue weighted by atomic mass is 79.9. The molecule has 10 rings (SSSR count). The first-order chi connectivity index (χ1) is 23.6. The van der Waals surface area contributed by atoms with Gasteiger partial charge in [-0.3, -0.25) is 0 Å². The molecule has 0 amide bonds. The number of hydrogen-bond acceptors (Lipinski definition) is 0. The van der Waals surface area contributed by atoms with Crippen LogP contribution < -0.4 is 0 Å². The lowest BCUT2D eigenvalue weighted by molar-refractivity contribution is 1.24. The molecular formula is C45H27Br3. The van der Waals surface area contributed by atoms with Crippen molar-refractivity contribution in [3.05, 3.63) is 174 Å². The third-order valence-electron chi connectivity index (χ3n) is 10.7. The largest absolute Gasteiger partial charge is 0.0619 e. The van der Waals surface area contributed by atoms with Gasteiger partial charge in [-0.05, 0) is 121 Å². The molecule has 3 aliphatic carbocycles. The van der Waals surface area contributed by atoms with Crippen LogP contribution in [-0.4, -0.2) is 0 Å². The molecule has 0 bridgehead atoms. The quantitative estimate of drug-likeness (QED) is 0.167. The van der Waals surface area contributed by atoms with Gasteiger partial charge in [0.25, 0.3) is 0 Å². The van der Waals surface area contributed by atoms with Crippen LogP contribution in [0.1, 0.15) is 33.4 Å². The normalized spacial score (nSPS) is 13.1. The summed E-state index contributed by atoms with van der Waals surface area (Å²) in [6, 6.07) is 47.3. The van der Waals surface area contributed by atoms with E-state index in [2.05, 4.69) is 175 Å². The van der Waals surface area contributed by atoms with Crippen molar-refractivity contribution < 1.29 is 0 Å². The zero-order chi connectivity index (χ0) is 32.1. The van der Waals surface area contributed by atoms with E-state index >= 15 is 0 Å². The number of fused-ring (bicyclic) bond motifs is 9. The van der Waals surface area contributed by atoms with Crippen LogP contribution in [0.25, 0.3) is 66.8 Å². The van der Waals surface area contributed by atoms with E-state index in [0.29, 0.717) is 0 Å². The van der Waals surface area contributed by atoms with E-state index in [1.165, 1.54) is 100 Å². The number of rotatable bonds is 3. The van der Waals surface area contributed by atoms with E-state index in [1.807, 2.05) is 0 Å². The van der Waals surface area contributed by atoms with Crippen LogP contribution in [0.5, 0.6) is 0 Å². The van der Waals surface area contributed by atoms with E-state index < -0.39 is 0 Å². The van der Waals surface area contributed by atoms with Crippen LogP contribution in [0.3, 0.4) is 0 Å². The maximum absolute atomic E-state index is 4.13. The predicted octanol–water partition coefficient (Wildman–Crippen LogP) is 13.7. The van der Waals surface area contributed by atoms with Crippen molar-refractivity contribution in [3.8, 4) is 66.8 Å². The number of halogens is 3. The average molecular weight is 807 g/mol. The van der Waals surface area contributed by atoms with Gasteiger partial charge in [-0.2, -0.15) is 0 Å². The Labute approximate surface area is 305 Å². The molecule has 48 heavy (non-hydrogen) atoms.